The molecule has 124 valence electrons. The SMILES string of the molecule is CC[C@H](C)[C@@H](NS(=O)(=O)c1cc(C)ccc1OC)C(=O)OC. The van der Waals surface area contributed by atoms with E-state index >= 15 is 0 Å². The van der Waals surface area contributed by atoms with Gasteiger partial charge in [-0.05, 0) is 30.5 Å². The monoisotopic (exact) mass is 329 g/mol. The second-order valence-corrected chi connectivity index (χ2v) is 6.84. The number of ether oxygens (including phenoxy) is 2. The van der Waals surface area contributed by atoms with Gasteiger partial charge in [-0.3, -0.25) is 4.79 Å². The predicted octanol–water partition coefficient (Wildman–Crippen LogP) is 1.87. The van der Waals surface area contributed by atoms with Crippen molar-refractivity contribution in [3.05, 3.63) is 23.8 Å². The first-order chi connectivity index (χ1) is 10.3. The van der Waals surface area contributed by atoms with Gasteiger partial charge in [-0.25, -0.2) is 8.42 Å². The number of aryl methyl sites for hydroxylation is 1. The number of carbonyl (C=O) groups is 1. The second kappa shape index (κ2) is 7.60. The Bertz CT molecular complexity index is 627. The molecule has 22 heavy (non-hydrogen) atoms. The molecular weight excluding hydrogens is 306 g/mol. The molecule has 7 heteroatoms. The first-order valence-electron chi connectivity index (χ1n) is 7.01. The zero-order valence-corrected chi connectivity index (χ0v) is 14.4. The minimum absolute atomic E-state index is 0.00667. The molecule has 1 aromatic rings. The molecule has 0 aliphatic carbocycles. The summed E-state index contributed by atoms with van der Waals surface area (Å²) < 4.78 is 37.5. The molecule has 0 aromatic heterocycles. The average molecular weight is 329 g/mol. The van der Waals surface area contributed by atoms with E-state index in [1.165, 1.54) is 20.3 Å². The van der Waals surface area contributed by atoms with E-state index in [0.717, 1.165) is 5.56 Å². The van der Waals surface area contributed by atoms with Gasteiger partial charge in [0.1, 0.15) is 16.7 Å². The van der Waals surface area contributed by atoms with Gasteiger partial charge in [0.15, 0.2) is 0 Å². The largest absolute Gasteiger partial charge is 0.495 e. The number of nitrogens with one attached hydrogen (secondary N) is 1. The molecule has 0 bridgehead atoms. The lowest BCUT2D eigenvalue weighted by Crippen LogP contribution is -2.45. The van der Waals surface area contributed by atoms with Crippen LogP contribution in [-0.4, -0.2) is 34.6 Å². The number of hydrogen-bond donors (Lipinski definition) is 1. The van der Waals surface area contributed by atoms with Crippen molar-refractivity contribution in [3.8, 4) is 5.75 Å². The minimum atomic E-state index is -3.91. The van der Waals surface area contributed by atoms with Crippen LogP contribution >= 0.6 is 0 Å². The Morgan fingerprint density at radius 1 is 1.32 bits per heavy atom. The molecule has 0 unspecified atom stereocenters. The molecule has 0 saturated heterocycles. The van der Waals surface area contributed by atoms with Crippen molar-refractivity contribution in [1.82, 2.24) is 4.72 Å². The molecule has 2 atom stereocenters. The van der Waals surface area contributed by atoms with Crippen molar-refractivity contribution in [1.29, 1.82) is 0 Å². The maximum Gasteiger partial charge on any atom is 0.324 e. The molecule has 0 aliphatic rings. The maximum absolute atomic E-state index is 12.6. The first kappa shape index (κ1) is 18.4. The smallest absolute Gasteiger partial charge is 0.324 e. The van der Waals surface area contributed by atoms with Crippen LogP contribution < -0.4 is 9.46 Å². The van der Waals surface area contributed by atoms with Crippen LogP contribution in [0.25, 0.3) is 0 Å². The molecule has 0 heterocycles. The van der Waals surface area contributed by atoms with Crippen LogP contribution in [0.5, 0.6) is 5.75 Å². The Morgan fingerprint density at radius 3 is 2.45 bits per heavy atom. The van der Waals surface area contributed by atoms with E-state index in [9.17, 15) is 13.2 Å². The van der Waals surface area contributed by atoms with Crippen LogP contribution in [0.4, 0.5) is 0 Å². The summed E-state index contributed by atoms with van der Waals surface area (Å²) in [6.07, 6.45) is 0.632. The van der Waals surface area contributed by atoms with Gasteiger partial charge in [0.25, 0.3) is 0 Å². The number of esters is 1. The van der Waals surface area contributed by atoms with Gasteiger partial charge in [-0.1, -0.05) is 26.3 Å². The second-order valence-electron chi connectivity index (χ2n) is 5.16. The first-order valence-corrected chi connectivity index (χ1v) is 8.50. The molecule has 6 nitrogen and oxygen atoms in total. The third-order valence-corrected chi connectivity index (χ3v) is 5.02. The van der Waals surface area contributed by atoms with Crippen LogP contribution in [0.15, 0.2) is 23.1 Å². The Morgan fingerprint density at radius 2 is 1.95 bits per heavy atom. The lowest BCUT2D eigenvalue weighted by atomic mass is 10.0. The highest BCUT2D eigenvalue weighted by molar-refractivity contribution is 7.89. The number of benzene rings is 1. The van der Waals surface area contributed by atoms with Crippen molar-refractivity contribution in [3.63, 3.8) is 0 Å². The molecule has 0 saturated carbocycles. The summed E-state index contributed by atoms with van der Waals surface area (Å²) in [5.74, 6) is -0.576. The van der Waals surface area contributed by atoms with E-state index in [1.807, 2.05) is 6.92 Å². The Balaban J connectivity index is 3.23. The van der Waals surface area contributed by atoms with Crippen LogP contribution in [0.2, 0.25) is 0 Å². The topological polar surface area (TPSA) is 81.7 Å². The normalized spacial score (nSPS) is 14.2. The van der Waals surface area contributed by atoms with Crippen LogP contribution in [0.1, 0.15) is 25.8 Å². The number of rotatable bonds is 7. The summed E-state index contributed by atoms with van der Waals surface area (Å²) in [4.78, 5) is 11.9. The quantitative estimate of drug-likeness (QED) is 0.772. The lowest BCUT2D eigenvalue weighted by Gasteiger charge is -2.22. The Kier molecular flexibility index (Phi) is 6.37. The predicted molar refractivity (Wildman–Crippen MR) is 83.3 cm³/mol. The Hall–Kier alpha value is -1.60. The highest BCUT2D eigenvalue weighted by Crippen LogP contribution is 2.25. The molecule has 0 fully saturated rings. The van der Waals surface area contributed by atoms with Gasteiger partial charge >= 0.3 is 5.97 Å². The van der Waals surface area contributed by atoms with Crippen LogP contribution in [0, 0.1) is 12.8 Å². The van der Waals surface area contributed by atoms with Crippen molar-refractivity contribution in [2.45, 2.75) is 38.1 Å². The van der Waals surface area contributed by atoms with E-state index in [0.29, 0.717) is 6.42 Å². The number of sulfonamides is 1. The number of hydrogen-bond acceptors (Lipinski definition) is 5. The van der Waals surface area contributed by atoms with E-state index in [1.54, 1.807) is 26.0 Å². The standard InChI is InChI=1S/C15H23NO5S/c1-6-11(3)14(15(17)21-5)16-22(18,19)13-9-10(2)7-8-12(13)20-4/h7-9,11,14,16H,6H2,1-5H3/t11-,14+/m0/s1. The van der Waals surface area contributed by atoms with E-state index in [-0.39, 0.29) is 16.6 Å². The summed E-state index contributed by atoms with van der Waals surface area (Å²) >= 11 is 0. The fraction of sp³-hybridized carbons (Fsp3) is 0.533. The van der Waals surface area contributed by atoms with Crippen molar-refractivity contribution in [2.75, 3.05) is 14.2 Å². The highest BCUT2D eigenvalue weighted by atomic mass is 32.2. The zero-order valence-electron chi connectivity index (χ0n) is 13.5. The van der Waals surface area contributed by atoms with Gasteiger partial charge in [-0.15, -0.1) is 0 Å². The van der Waals surface area contributed by atoms with Crippen LogP contribution in [-0.2, 0) is 19.6 Å². The van der Waals surface area contributed by atoms with E-state index < -0.39 is 22.0 Å². The molecule has 0 spiro atoms. The lowest BCUT2D eigenvalue weighted by molar-refractivity contribution is -0.143. The van der Waals surface area contributed by atoms with E-state index in [4.69, 9.17) is 9.47 Å². The molecular formula is C15H23NO5S. The summed E-state index contributed by atoms with van der Waals surface area (Å²) in [5, 5.41) is 0. The molecule has 1 N–H and O–H groups in total. The fourth-order valence-electron chi connectivity index (χ4n) is 1.98. The average Bonchev–Trinajstić information content (AvgIpc) is 2.51. The van der Waals surface area contributed by atoms with Gasteiger partial charge in [-0.2, -0.15) is 4.72 Å². The highest BCUT2D eigenvalue weighted by Gasteiger charge is 2.31. The van der Waals surface area contributed by atoms with Gasteiger partial charge in [0, 0.05) is 0 Å². The number of methoxy groups -OCH3 is 2. The van der Waals surface area contributed by atoms with Crippen molar-refractivity contribution >= 4 is 16.0 Å². The molecule has 1 aromatic carbocycles. The minimum Gasteiger partial charge on any atom is -0.495 e. The fourth-order valence-corrected chi connectivity index (χ4v) is 3.53. The van der Waals surface area contributed by atoms with Crippen molar-refractivity contribution < 1.29 is 22.7 Å². The third kappa shape index (κ3) is 4.20. The zero-order chi connectivity index (χ0) is 16.9. The molecule has 0 radical (unpaired) electrons. The molecule has 1 rings (SSSR count). The third-order valence-electron chi connectivity index (χ3n) is 3.56. The number of carbonyl (C=O) groups excluding carboxylic acids is 1. The molecule has 0 aliphatic heterocycles. The van der Waals surface area contributed by atoms with Crippen LogP contribution in [0.3, 0.4) is 0 Å². The summed E-state index contributed by atoms with van der Waals surface area (Å²) in [5.41, 5.74) is 0.777. The molecule has 0 amide bonds. The van der Waals surface area contributed by atoms with Gasteiger partial charge in [0.05, 0.1) is 14.2 Å². The summed E-state index contributed by atoms with van der Waals surface area (Å²) in [7, 11) is -1.28. The van der Waals surface area contributed by atoms with Crippen molar-refractivity contribution in [2.24, 2.45) is 5.92 Å². The maximum atomic E-state index is 12.6. The summed E-state index contributed by atoms with van der Waals surface area (Å²) in [6.45, 7) is 5.45. The van der Waals surface area contributed by atoms with Gasteiger partial charge < -0.3 is 9.47 Å². The van der Waals surface area contributed by atoms with Gasteiger partial charge in [0.2, 0.25) is 10.0 Å². The summed E-state index contributed by atoms with van der Waals surface area (Å²) in [6, 6.07) is 3.90. The van der Waals surface area contributed by atoms with E-state index in [2.05, 4.69) is 4.72 Å². The Labute approximate surface area is 131 Å².